The predicted molar refractivity (Wildman–Crippen MR) is 26.7 cm³/mol. The standard InChI is InChI=1S/C4H8N2/c1-2-3-4(5)6/h2-3H,1H3,(H3,5,6)/b3-2+. The summed E-state index contributed by atoms with van der Waals surface area (Å²) in [4.78, 5) is 0. The molecule has 0 saturated heterocycles. The van der Waals surface area contributed by atoms with Crippen LogP contribution in [-0.4, -0.2) is 5.84 Å². The molecule has 0 saturated carbocycles. The fourth-order valence-corrected chi connectivity index (χ4v) is 0.180. The van der Waals surface area contributed by atoms with Crippen molar-refractivity contribution >= 4 is 5.84 Å². The monoisotopic (exact) mass is 84.1 g/mol. The largest absolute Gasteiger partial charge is 0.384 e. The number of hydrogen-bond acceptors (Lipinski definition) is 1. The zero-order valence-electron chi connectivity index (χ0n) is 3.73. The lowest BCUT2D eigenvalue weighted by Gasteiger charge is -1.75. The van der Waals surface area contributed by atoms with Gasteiger partial charge in [0.25, 0.3) is 0 Å². The van der Waals surface area contributed by atoms with E-state index in [-0.39, 0.29) is 5.84 Å². The van der Waals surface area contributed by atoms with Crippen LogP contribution in [0.1, 0.15) is 6.92 Å². The van der Waals surface area contributed by atoms with Crippen LogP contribution in [-0.2, 0) is 0 Å². The molecular weight excluding hydrogens is 76.1 g/mol. The fourth-order valence-electron chi connectivity index (χ4n) is 0.180. The summed E-state index contributed by atoms with van der Waals surface area (Å²) in [7, 11) is 0. The first-order valence-corrected chi connectivity index (χ1v) is 1.74. The van der Waals surface area contributed by atoms with Crippen LogP contribution < -0.4 is 5.73 Å². The molecule has 6 heavy (non-hydrogen) atoms. The zero-order valence-corrected chi connectivity index (χ0v) is 3.73. The van der Waals surface area contributed by atoms with Crippen molar-refractivity contribution in [2.24, 2.45) is 5.73 Å². The Morgan fingerprint density at radius 2 is 2.33 bits per heavy atom. The zero-order chi connectivity index (χ0) is 4.99. The fraction of sp³-hybridized carbons (Fsp3) is 0.250. The normalized spacial score (nSPS) is 9.50. The third kappa shape index (κ3) is 3.21. The number of amidine groups is 1. The van der Waals surface area contributed by atoms with Crippen molar-refractivity contribution in [2.75, 3.05) is 0 Å². The van der Waals surface area contributed by atoms with E-state index in [1.807, 2.05) is 6.92 Å². The molecule has 0 unspecified atom stereocenters. The van der Waals surface area contributed by atoms with Gasteiger partial charge < -0.3 is 5.73 Å². The van der Waals surface area contributed by atoms with Crippen LogP contribution in [0.3, 0.4) is 0 Å². The van der Waals surface area contributed by atoms with Gasteiger partial charge in [0.05, 0.1) is 0 Å². The minimum atomic E-state index is 0.109. The van der Waals surface area contributed by atoms with Crippen molar-refractivity contribution in [1.82, 2.24) is 0 Å². The molecule has 0 aliphatic rings. The van der Waals surface area contributed by atoms with Crippen molar-refractivity contribution in [3.63, 3.8) is 0 Å². The smallest absolute Gasteiger partial charge is 0.114 e. The van der Waals surface area contributed by atoms with Crippen molar-refractivity contribution in [2.45, 2.75) is 6.92 Å². The van der Waals surface area contributed by atoms with Gasteiger partial charge in [-0.3, -0.25) is 5.41 Å². The molecule has 2 heteroatoms. The quantitative estimate of drug-likeness (QED) is 0.352. The summed E-state index contributed by atoms with van der Waals surface area (Å²) in [5, 5.41) is 6.59. The van der Waals surface area contributed by atoms with E-state index in [0.29, 0.717) is 0 Å². The molecule has 0 aromatic rings. The SMILES string of the molecule is C/C=C/C(=N)N. The van der Waals surface area contributed by atoms with Gasteiger partial charge in [-0.15, -0.1) is 0 Å². The molecular formula is C4H8N2. The topological polar surface area (TPSA) is 49.9 Å². The Kier molecular flexibility index (Phi) is 2.13. The Balaban J connectivity index is 3.30. The summed E-state index contributed by atoms with van der Waals surface area (Å²) in [6, 6.07) is 0. The summed E-state index contributed by atoms with van der Waals surface area (Å²) in [6.45, 7) is 1.82. The van der Waals surface area contributed by atoms with Gasteiger partial charge in [0, 0.05) is 0 Å². The maximum Gasteiger partial charge on any atom is 0.114 e. The maximum absolute atomic E-state index is 6.59. The van der Waals surface area contributed by atoms with Crippen molar-refractivity contribution in [3.05, 3.63) is 12.2 Å². The van der Waals surface area contributed by atoms with Gasteiger partial charge in [0.2, 0.25) is 0 Å². The van der Waals surface area contributed by atoms with Crippen LogP contribution in [0.2, 0.25) is 0 Å². The third-order valence-corrected chi connectivity index (χ3v) is 0.346. The summed E-state index contributed by atoms with van der Waals surface area (Å²) in [5.41, 5.74) is 4.90. The van der Waals surface area contributed by atoms with Gasteiger partial charge in [-0.25, -0.2) is 0 Å². The molecule has 0 rings (SSSR count). The number of hydrogen-bond donors (Lipinski definition) is 2. The second-order valence-corrected chi connectivity index (χ2v) is 0.955. The lowest BCUT2D eigenvalue weighted by atomic mass is 10.5. The first kappa shape index (κ1) is 5.21. The summed E-state index contributed by atoms with van der Waals surface area (Å²) in [6.07, 6.45) is 3.25. The van der Waals surface area contributed by atoms with Crippen LogP contribution in [0, 0.1) is 5.41 Å². The highest BCUT2D eigenvalue weighted by atomic mass is 14.7. The maximum atomic E-state index is 6.59. The molecule has 0 heterocycles. The number of allylic oxidation sites excluding steroid dienone is 1. The van der Waals surface area contributed by atoms with Crippen molar-refractivity contribution in [1.29, 1.82) is 5.41 Å². The highest BCUT2D eigenvalue weighted by Crippen LogP contribution is 1.62. The lowest BCUT2D eigenvalue weighted by molar-refractivity contribution is 1.46. The van der Waals surface area contributed by atoms with E-state index < -0.39 is 0 Å². The molecule has 0 spiro atoms. The molecule has 0 radical (unpaired) electrons. The van der Waals surface area contributed by atoms with Crippen LogP contribution in [0.5, 0.6) is 0 Å². The van der Waals surface area contributed by atoms with Crippen LogP contribution >= 0.6 is 0 Å². The van der Waals surface area contributed by atoms with Gasteiger partial charge in [0.1, 0.15) is 5.84 Å². The van der Waals surface area contributed by atoms with E-state index in [0.717, 1.165) is 0 Å². The Labute approximate surface area is 37.2 Å². The van der Waals surface area contributed by atoms with Crippen molar-refractivity contribution < 1.29 is 0 Å². The van der Waals surface area contributed by atoms with E-state index in [2.05, 4.69) is 0 Å². The predicted octanol–water partition coefficient (Wildman–Crippen LogP) is 0.498. The highest BCUT2D eigenvalue weighted by molar-refractivity contribution is 5.88. The van der Waals surface area contributed by atoms with E-state index in [9.17, 15) is 0 Å². The third-order valence-electron chi connectivity index (χ3n) is 0.346. The molecule has 0 aliphatic heterocycles. The Bertz CT molecular complexity index is 73.6. The van der Waals surface area contributed by atoms with Crippen LogP contribution in [0.15, 0.2) is 12.2 Å². The van der Waals surface area contributed by atoms with Gasteiger partial charge in [0.15, 0.2) is 0 Å². The Morgan fingerprint density at radius 1 is 1.83 bits per heavy atom. The summed E-state index contributed by atoms with van der Waals surface area (Å²) in [5.74, 6) is 0.109. The second-order valence-electron chi connectivity index (χ2n) is 0.955. The highest BCUT2D eigenvalue weighted by Gasteiger charge is 1.66. The number of nitrogens with one attached hydrogen (secondary N) is 1. The van der Waals surface area contributed by atoms with Gasteiger partial charge in [-0.2, -0.15) is 0 Å². The number of rotatable bonds is 1. The summed E-state index contributed by atoms with van der Waals surface area (Å²) >= 11 is 0. The van der Waals surface area contributed by atoms with Crippen LogP contribution in [0.4, 0.5) is 0 Å². The molecule has 0 fully saturated rings. The van der Waals surface area contributed by atoms with E-state index in [1.165, 1.54) is 6.08 Å². The molecule has 0 atom stereocenters. The Hall–Kier alpha value is -0.790. The van der Waals surface area contributed by atoms with E-state index >= 15 is 0 Å². The van der Waals surface area contributed by atoms with E-state index in [4.69, 9.17) is 11.1 Å². The average molecular weight is 84.1 g/mol. The Morgan fingerprint density at radius 3 is 2.33 bits per heavy atom. The molecule has 0 aliphatic carbocycles. The molecule has 0 aromatic heterocycles. The molecule has 2 nitrogen and oxygen atoms in total. The molecule has 0 amide bonds. The van der Waals surface area contributed by atoms with Gasteiger partial charge in [-0.05, 0) is 13.0 Å². The van der Waals surface area contributed by atoms with Crippen molar-refractivity contribution in [3.8, 4) is 0 Å². The molecule has 0 bridgehead atoms. The van der Waals surface area contributed by atoms with Gasteiger partial charge >= 0.3 is 0 Å². The van der Waals surface area contributed by atoms with E-state index in [1.54, 1.807) is 6.08 Å². The first-order valence-electron chi connectivity index (χ1n) is 1.74. The molecule has 34 valence electrons. The molecule has 0 aromatic carbocycles. The molecule has 3 N–H and O–H groups in total. The number of nitrogens with two attached hydrogens (primary N) is 1. The second kappa shape index (κ2) is 2.45. The first-order chi connectivity index (χ1) is 2.77. The lowest BCUT2D eigenvalue weighted by Crippen LogP contribution is -2.03. The summed E-state index contributed by atoms with van der Waals surface area (Å²) < 4.78 is 0. The van der Waals surface area contributed by atoms with Crippen LogP contribution in [0.25, 0.3) is 0 Å². The minimum Gasteiger partial charge on any atom is -0.384 e. The van der Waals surface area contributed by atoms with Gasteiger partial charge in [-0.1, -0.05) is 6.08 Å². The average Bonchev–Trinajstić information content (AvgIpc) is 1.35. The minimum absolute atomic E-state index is 0.109.